The van der Waals surface area contributed by atoms with Gasteiger partial charge in [-0.1, -0.05) is 194 Å². The Morgan fingerprint density at radius 1 is 0.458 bits per heavy atom. The number of carbonyl (C=O) groups is 2. The van der Waals surface area contributed by atoms with Crippen LogP contribution in [0, 0.1) is 0 Å². The summed E-state index contributed by atoms with van der Waals surface area (Å²) in [5.74, 6) is -1.10. The van der Waals surface area contributed by atoms with Gasteiger partial charge in [0.05, 0.1) is 0 Å². The lowest BCUT2D eigenvalue weighted by atomic mass is 10.0. The zero-order valence-electron chi connectivity index (χ0n) is 32.3. The average Bonchev–Trinajstić information content (AvgIpc) is 3.07. The maximum Gasteiger partial charge on any atom is 0.326 e. The van der Waals surface area contributed by atoms with Crippen LogP contribution in [-0.4, -0.2) is 40.9 Å². The number of hydrogen-bond acceptors (Lipinski definition) is 4. The summed E-state index contributed by atoms with van der Waals surface area (Å²) in [6.45, 7) is 5.21. The summed E-state index contributed by atoms with van der Waals surface area (Å²) >= 11 is 0. The number of unbranched alkanes of at least 4 members (excludes halogenated alkanes) is 29. The topological polar surface area (TPSA) is 98.7 Å². The number of aliphatic carboxylic acids is 1. The molecule has 0 bridgehead atoms. The third-order valence-electron chi connectivity index (χ3n) is 10.0. The summed E-state index contributed by atoms with van der Waals surface area (Å²) in [6, 6.07) is -0.820. The van der Waals surface area contributed by atoms with Crippen LogP contribution < -0.4 is 10.6 Å². The predicted octanol–water partition coefficient (Wildman–Crippen LogP) is 12.2. The van der Waals surface area contributed by atoms with E-state index in [1.165, 1.54) is 167 Å². The number of nitrogens with one attached hydrogen (secondary N) is 2. The molecule has 0 heterocycles. The SMILES string of the molecule is CCCCCCCCCCCCCCCCCC(=O)NC(CCCCN[C@H](O)CCCCCCCCCCCCCCCCC)C(=O)O. The second-order valence-electron chi connectivity index (χ2n) is 14.9. The molecule has 4 N–H and O–H groups in total. The molecule has 0 spiro atoms. The largest absolute Gasteiger partial charge is 0.480 e. The third kappa shape index (κ3) is 36.1. The smallest absolute Gasteiger partial charge is 0.326 e. The summed E-state index contributed by atoms with van der Waals surface area (Å²) in [4.78, 5) is 24.0. The maximum absolute atomic E-state index is 12.3. The summed E-state index contributed by atoms with van der Waals surface area (Å²) in [6.07, 6.45) is 42.0. The number of rotatable bonds is 40. The van der Waals surface area contributed by atoms with Crippen molar-refractivity contribution in [2.24, 2.45) is 0 Å². The summed E-state index contributed by atoms with van der Waals surface area (Å²) in [7, 11) is 0. The van der Waals surface area contributed by atoms with Gasteiger partial charge in [-0.2, -0.15) is 0 Å². The molecule has 1 unspecified atom stereocenters. The number of amides is 1. The van der Waals surface area contributed by atoms with Gasteiger partial charge in [-0.25, -0.2) is 4.79 Å². The van der Waals surface area contributed by atoms with E-state index in [0.717, 1.165) is 38.5 Å². The molecular formula is C42H84N2O4. The van der Waals surface area contributed by atoms with Crippen LogP contribution in [-0.2, 0) is 9.59 Å². The Kier molecular flexibility index (Phi) is 37.7. The standard InChI is InChI=1S/C42H84N2O4/c1-3-5-7-9-11-13-15-17-19-21-23-25-27-29-31-36-40(45)43-38-34-33-35-39(42(47)48)44-41(46)37-32-30-28-26-24-22-20-18-16-14-12-10-8-6-4-2/h39-40,43,45H,3-38H2,1-2H3,(H,44,46)(H,47,48)/t39?,40-/m1/s1. The van der Waals surface area contributed by atoms with Crippen molar-refractivity contribution in [1.82, 2.24) is 10.6 Å². The van der Waals surface area contributed by atoms with Gasteiger partial charge in [-0.3, -0.25) is 10.1 Å². The fourth-order valence-electron chi connectivity index (χ4n) is 6.73. The number of carboxylic acids is 1. The molecular weight excluding hydrogens is 596 g/mol. The first kappa shape index (κ1) is 46.9. The van der Waals surface area contributed by atoms with E-state index in [1.807, 2.05) is 0 Å². The minimum atomic E-state index is -0.957. The molecule has 0 radical (unpaired) electrons. The fraction of sp³-hybridized carbons (Fsp3) is 0.952. The summed E-state index contributed by atoms with van der Waals surface area (Å²) < 4.78 is 0. The highest BCUT2D eigenvalue weighted by atomic mass is 16.4. The van der Waals surface area contributed by atoms with Gasteiger partial charge in [0.25, 0.3) is 0 Å². The van der Waals surface area contributed by atoms with Crippen molar-refractivity contribution in [2.45, 2.75) is 251 Å². The molecule has 0 aliphatic heterocycles. The molecule has 6 heteroatoms. The Labute approximate surface area is 299 Å². The third-order valence-corrected chi connectivity index (χ3v) is 10.0. The minimum Gasteiger partial charge on any atom is -0.480 e. The van der Waals surface area contributed by atoms with Gasteiger partial charge >= 0.3 is 5.97 Å². The Morgan fingerprint density at radius 2 is 0.792 bits per heavy atom. The lowest BCUT2D eigenvalue weighted by Crippen LogP contribution is -2.40. The van der Waals surface area contributed by atoms with Crippen LogP contribution in [0.3, 0.4) is 0 Å². The number of carboxylic acid groups (broad SMARTS) is 1. The van der Waals surface area contributed by atoms with Crippen molar-refractivity contribution >= 4 is 11.9 Å². The molecule has 0 saturated heterocycles. The van der Waals surface area contributed by atoms with E-state index in [9.17, 15) is 19.8 Å². The predicted molar refractivity (Wildman–Crippen MR) is 207 cm³/mol. The number of hydrogen-bond donors (Lipinski definition) is 4. The van der Waals surface area contributed by atoms with Crippen LogP contribution in [0.1, 0.15) is 239 Å². The molecule has 0 aliphatic rings. The monoisotopic (exact) mass is 681 g/mol. The first-order valence-corrected chi connectivity index (χ1v) is 21.4. The second kappa shape index (κ2) is 38.7. The van der Waals surface area contributed by atoms with Crippen molar-refractivity contribution in [3.63, 3.8) is 0 Å². The van der Waals surface area contributed by atoms with Crippen molar-refractivity contribution < 1.29 is 19.8 Å². The van der Waals surface area contributed by atoms with Crippen LogP contribution in [0.2, 0.25) is 0 Å². The molecule has 0 aromatic carbocycles. The normalized spacial score (nSPS) is 12.7. The van der Waals surface area contributed by atoms with Gasteiger partial charge in [-0.05, 0) is 45.1 Å². The molecule has 48 heavy (non-hydrogen) atoms. The average molecular weight is 681 g/mol. The molecule has 1 amide bonds. The lowest BCUT2D eigenvalue weighted by Gasteiger charge is -2.16. The molecule has 0 rings (SSSR count). The molecule has 0 fully saturated rings. The van der Waals surface area contributed by atoms with E-state index in [1.54, 1.807) is 0 Å². The van der Waals surface area contributed by atoms with E-state index in [-0.39, 0.29) is 5.91 Å². The number of aliphatic hydroxyl groups is 1. The van der Waals surface area contributed by atoms with E-state index in [0.29, 0.717) is 25.8 Å². The van der Waals surface area contributed by atoms with Crippen molar-refractivity contribution in [3.05, 3.63) is 0 Å². The quantitative estimate of drug-likeness (QED) is 0.0381. The highest BCUT2D eigenvalue weighted by molar-refractivity contribution is 5.83. The van der Waals surface area contributed by atoms with Gasteiger partial charge in [0, 0.05) is 6.42 Å². The number of carbonyl (C=O) groups excluding carboxylic acids is 1. The lowest BCUT2D eigenvalue weighted by molar-refractivity contribution is -0.142. The van der Waals surface area contributed by atoms with E-state index in [2.05, 4.69) is 24.5 Å². The summed E-state index contributed by atoms with van der Waals surface area (Å²) in [5.41, 5.74) is 0. The summed E-state index contributed by atoms with van der Waals surface area (Å²) in [5, 5.41) is 25.7. The van der Waals surface area contributed by atoms with Crippen molar-refractivity contribution in [2.75, 3.05) is 6.54 Å². The van der Waals surface area contributed by atoms with E-state index < -0.39 is 18.2 Å². The van der Waals surface area contributed by atoms with Gasteiger partial charge in [-0.15, -0.1) is 0 Å². The molecule has 2 atom stereocenters. The Morgan fingerprint density at radius 3 is 1.17 bits per heavy atom. The molecule has 286 valence electrons. The highest BCUT2D eigenvalue weighted by Gasteiger charge is 2.19. The van der Waals surface area contributed by atoms with Crippen LogP contribution >= 0.6 is 0 Å². The van der Waals surface area contributed by atoms with Gasteiger partial charge in [0.15, 0.2) is 0 Å². The highest BCUT2D eigenvalue weighted by Crippen LogP contribution is 2.15. The van der Waals surface area contributed by atoms with Crippen LogP contribution in [0.25, 0.3) is 0 Å². The molecule has 0 saturated carbocycles. The maximum atomic E-state index is 12.3. The van der Waals surface area contributed by atoms with Crippen LogP contribution in [0.5, 0.6) is 0 Å². The van der Waals surface area contributed by atoms with Gasteiger partial charge in [0.1, 0.15) is 12.3 Å². The van der Waals surface area contributed by atoms with Crippen molar-refractivity contribution in [1.29, 1.82) is 0 Å². The zero-order valence-corrected chi connectivity index (χ0v) is 32.3. The molecule has 0 aromatic heterocycles. The zero-order chi connectivity index (χ0) is 35.2. The van der Waals surface area contributed by atoms with Crippen LogP contribution in [0.15, 0.2) is 0 Å². The molecule has 0 aliphatic carbocycles. The Bertz CT molecular complexity index is 674. The Hall–Kier alpha value is -1.14. The van der Waals surface area contributed by atoms with Crippen molar-refractivity contribution in [3.8, 4) is 0 Å². The minimum absolute atomic E-state index is 0.144. The van der Waals surface area contributed by atoms with E-state index in [4.69, 9.17) is 0 Å². The molecule has 6 nitrogen and oxygen atoms in total. The number of aliphatic hydroxyl groups excluding tert-OH is 1. The second-order valence-corrected chi connectivity index (χ2v) is 14.9. The Balaban J connectivity index is 3.56. The van der Waals surface area contributed by atoms with E-state index >= 15 is 0 Å². The van der Waals surface area contributed by atoms with Crippen LogP contribution in [0.4, 0.5) is 0 Å². The molecule has 0 aromatic rings. The van der Waals surface area contributed by atoms with Gasteiger partial charge < -0.3 is 15.5 Å². The fourth-order valence-corrected chi connectivity index (χ4v) is 6.73. The van der Waals surface area contributed by atoms with Gasteiger partial charge in [0.2, 0.25) is 5.91 Å². The first-order chi connectivity index (χ1) is 23.5. The first-order valence-electron chi connectivity index (χ1n) is 21.4.